The Balaban J connectivity index is 1.99. The molecule has 0 amide bonds. The number of aromatic nitrogens is 2. The molecule has 28 heavy (non-hydrogen) atoms. The third-order valence-electron chi connectivity index (χ3n) is 3.88. The molecule has 2 aromatic carbocycles. The van der Waals surface area contributed by atoms with Crippen LogP contribution >= 0.6 is 0 Å². The Hall–Kier alpha value is -3.36. The van der Waals surface area contributed by atoms with Gasteiger partial charge in [-0.3, -0.25) is 4.99 Å². The van der Waals surface area contributed by atoms with Crippen molar-refractivity contribution in [2.45, 2.75) is 6.92 Å². The summed E-state index contributed by atoms with van der Waals surface area (Å²) in [5, 5.41) is 0. The van der Waals surface area contributed by atoms with E-state index in [2.05, 4.69) is 15.0 Å². The molecule has 0 bridgehead atoms. The molecule has 4 nitrogen and oxygen atoms in total. The number of hydrogen-bond acceptors (Lipinski definition) is 4. The topological polar surface area (TPSA) is 47.4 Å². The summed E-state index contributed by atoms with van der Waals surface area (Å²) in [5.41, 5.74) is 1.35. The van der Waals surface area contributed by atoms with Gasteiger partial charge >= 0.3 is 0 Å². The number of aliphatic imine (C=N–C) groups is 1. The summed E-state index contributed by atoms with van der Waals surface area (Å²) in [7, 11) is 1.45. The molecule has 1 heterocycles. The smallest absolute Gasteiger partial charge is 0.204 e. The quantitative estimate of drug-likeness (QED) is 0.366. The Morgan fingerprint density at radius 2 is 1.61 bits per heavy atom. The molecule has 0 spiro atoms. The van der Waals surface area contributed by atoms with E-state index in [-0.39, 0.29) is 23.1 Å². The van der Waals surface area contributed by atoms with E-state index in [1.807, 2.05) is 0 Å². The van der Waals surface area contributed by atoms with Crippen LogP contribution in [0.15, 0.2) is 41.8 Å². The van der Waals surface area contributed by atoms with Crippen LogP contribution in [0.25, 0.3) is 0 Å². The van der Waals surface area contributed by atoms with Crippen molar-refractivity contribution in [2.75, 3.05) is 7.05 Å². The lowest BCUT2D eigenvalue weighted by Crippen LogP contribution is -2.09. The van der Waals surface area contributed by atoms with Crippen LogP contribution < -0.4 is 4.74 Å². The molecule has 3 rings (SSSR count). The molecule has 0 unspecified atom stereocenters. The number of halogens is 5. The van der Waals surface area contributed by atoms with Crippen LogP contribution in [0.1, 0.15) is 16.8 Å². The average molecular weight is 393 g/mol. The van der Waals surface area contributed by atoms with Crippen molar-refractivity contribution in [3.63, 3.8) is 0 Å². The van der Waals surface area contributed by atoms with Crippen molar-refractivity contribution < 1.29 is 26.7 Å². The van der Waals surface area contributed by atoms with Gasteiger partial charge in [0.2, 0.25) is 17.4 Å². The molecule has 0 saturated carbocycles. The lowest BCUT2D eigenvalue weighted by Gasteiger charge is -2.12. The largest absolute Gasteiger partial charge is 0.451 e. The maximum absolute atomic E-state index is 14.6. The minimum absolute atomic E-state index is 0.0511. The third kappa shape index (κ3) is 3.55. The molecule has 0 radical (unpaired) electrons. The number of hydrogen-bond donors (Lipinski definition) is 0. The first-order valence-electron chi connectivity index (χ1n) is 7.88. The van der Waals surface area contributed by atoms with Gasteiger partial charge in [0.1, 0.15) is 17.9 Å². The van der Waals surface area contributed by atoms with Crippen LogP contribution in [-0.4, -0.2) is 22.7 Å². The minimum Gasteiger partial charge on any atom is -0.451 e. The second-order valence-corrected chi connectivity index (χ2v) is 5.64. The molecule has 1 aromatic heterocycles. The Morgan fingerprint density at radius 1 is 0.929 bits per heavy atom. The van der Waals surface area contributed by atoms with Gasteiger partial charge in [-0.05, 0) is 19.1 Å². The second-order valence-electron chi connectivity index (χ2n) is 5.64. The van der Waals surface area contributed by atoms with E-state index in [4.69, 9.17) is 4.74 Å². The van der Waals surface area contributed by atoms with Gasteiger partial charge in [-0.15, -0.1) is 0 Å². The van der Waals surface area contributed by atoms with Crippen molar-refractivity contribution in [3.8, 4) is 11.5 Å². The first-order valence-corrected chi connectivity index (χ1v) is 7.88. The molecule has 0 atom stereocenters. The minimum atomic E-state index is -1.73. The highest BCUT2D eigenvalue weighted by atomic mass is 19.2. The summed E-state index contributed by atoms with van der Waals surface area (Å²) >= 11 is 0. The third-order valence-corrected chi connectivity index (χ3v) is 3.88. The molecule has 0 N–H and O–H groups in total. The highest BCUT2D eigenvalue weighted by Crippen LogP contribution is 2.32. The fourth-order valence-electron chi connectivity index (χ4n) is 2.52. The van der Waals surface area contributed by atoms with Gasteiger partial charge in [-0.1, -0.05) is 0 Å². The van der Waals surface area contributed by atoms with E-state index in [0.717, 1.165) is 6.07 Å². The zero-order valence-electron chi connectivity index (χ0n) is 14.6. The maximum Gasteiger partial charge on any atom is 0.204 e. The highest BCUT2D eigenvalue weighted by Gasteiger charge is 2.22. The number of ether oxygens (including phenoxy) is 1. The van der Waals surface area contributed by atoms with Gasteiger partial charge in [0.15, 0.2) is 11.6 Å². The van der Waals surface area contributed by atoms with Crippen molar-refractivity contribution >= 4 is 5.71 Å². The van der Waals surface area contributed by atoms with Crippen LogP contribution in [0.4, 0.5) is 22.0 Å². The van der Waals surface area contributed by atoms with Gasteiger partial charge in [0.25, 0.3) is 0 Å². The fourth-order valence-corrected chi connectivity index (χ4v) is 2.52. The Morgan fingerprint density at radius 3 is 2.18 bits per heavy atom. The predicted molar refractivity (Wildman–Crippen MR) is 91.1 cm³/mol. The molecule has 0 aliphatic heterocycles. The van der Waals surface area contributed by atoms with E-state index in [1.165, 1.54) is 31.7 Å². The number of rotatable bonds is 4. The van der Waals surface area contributed by atoms with Crippen LogP contribution in [-0.2, 0) is 0 Å². The van der Waals surface area contributed by atoms with Gasteiger partial charge in [-0.2, -0.15) is 8.78 Å². The van der Waals surface area contributed by atoms with Gasteiger partial charge in [0, 0.05) is 36.5 Å². The average Bonchev–Trinajstić information content (AvgIpc) is 2.67. The van der Waals surface area contributed by atoms with Gasteiger partial charge < -0.3 is 4.74 Å². The monoisotopic (exact) mass is 393 g/mol. The number of benzene rings is 2. The van der Waals surface area contributed by atoms with E-state index in [9.17, 15) is 22.0 Å². The molecule has 0 aliphatic rings. The van der Waals surface area contributed by atoms with E-state index < -0.39 is 34.8 Å². The van der Waals surface area contributed by atoms with Gasteiger partial charge in [-0.25, -0.2) is 23.1 Å². The molecule has 3 aromatic rings. The fraction of sp³-hybridized carbons (Fsp3) is 0.105. The Bertz CT molecular complexity index is 1060. The Labute approximate surface area is 156 Å². The van der Waals surface area contributed by atoms with E-state index in [1.54, 1.807) is 6.92 Å². The lowest BCUT2D eigenvalue weighted by atomic mass is 10.0. The van der Waals surface area contributed by atoms with E-state index in [0.29, 0.717) is 11.3 Å². The zero-order chi connectivity index (χ0) is 20.4. The van der Waals surface area contributed by atoms with Crippen molar-refractivity contribution in [3.05, 3.63) is 82.7 Å². The molecule has 9 heteroatoms. The number of aryl methyl sites for hydroxylation is 1. The van der Waals surface area contributed by atoms with E-state index >= 15 is 0 Å². The normalized spacial score (nSPS) is 11.6. The highest BCUT2D eigenvalue weighted by molar-refractivity contribution is 6.13. The maximum atomic E-state index is 14.6. The predicted octanol–water partition coefficient (Wildman–Crippen LogP) is 4.74. The summed E-state index contributed by atoms with van der Waals surface area (Å²) in [6.45, 7) is 1.70. The first-order chi connectivity index (χ1) is 13.3. The summed E-state index contributed by atoms with van der Waals surface area (Å²) < 4.78 is 73.5. The summed E-state index contributed by atoms with van der Waals surface area (Å²) in [6, 6.07) is 3.31. The molecule has 144 valence electrons. The zero-order valence-corrected chi connectivity index (χ0v) is 14.6. The van der Waals surface area contributed by atoms with Crippen molar-refractivity contribution in [1.29, 1.82) is 0 Å². The summed E-state index contributed by atoms with van der Waals surface area (Å²) in [4.78, 5) is 12.0. The molecule has 0 saturated heterocycles. The molecule has 0 fully saturated rings. The summed E-state index contributed by atoms with van der Waals surface area (Å²) in [6.07, 6.45) is 2.80. The Kier molecular flexibility index (Phi) is 5.34. The first kappa shape index (κ1) is 19.4. The van der Waals surface area contributed by atoms with Crippen molar-refractivity contribution in [1.82, 2.24) is 9.97 Å². The number of nitrogens with zero attached hydrogens (tertiary/aromatic N) is 3. The molecular weight excluding hydrogens is 381 g/mol. The SMILES string of the molecule is CN=C(c1ccc(Oc2c(F)c(F)cc(F)c2F)cc1F)c1cncnc1C. The molecular formula is C19H12F5N3O. The van der Waals surface area contributed by atoms with Crippen LogP contribution in [0.5, 0.6) is 11.5 Å². The molecule has 0 aliphatic carbocycles. The van der Waals surface area contributed by atoms with Crippen LogP contribution in [0.2, 0.25) is 0 Å². The summed E-state index contributed by atoms with van der Waals surface area (Å²) in [5.74, 6) is -9.22. The van der Waals surface area contributed by atoms with Crippen molar-refractivity contribution in [2.24, 2.45) is 4.99 Å². The van der Waals surface area contributed by atoms with Crippen LogP contribution in [0, 0.1) is 36.0 Å². The van der Waals surface area contributed by atoms with Gasteiger partial charge in [0.05, 0.1) is 11.4 Å². The second kappa shape index (κ2) is 7.71. The standard InChI is InChI=1S/C19H12F5N3O/c1-9-12(7-26-8-27-9)18(25-2)11-4-3-10(5-13(11)20)28-19-16(23)14(21)6-15(22)17(19)24/h3-8H,1-2H3. The lowest BCUT2D eigenvalue weighted by molar-refractivity contribution is 0.365. The van der Waals surface area contributed by atoms with Crippen LogP contribution in [0.3, 0.4) is 0 Å².